The molecular weight excluding hydrogens is 430 g/mol. The van der Waals surface area contributed by atoms with Gasteiger partial charge in [0.15, 0.2) is 0 Å². The van der Waals surface area contributed by atoms with Gasteiger partial charge in [-0.25, -0.2) is 4.98 Å². The van der Waals surface area contributed by atoms with Crippen molar-refractivity contribution in [2.24, 2.45) is 0 Å². The molecule has 0 unspecified atom stereocenters. The van der Waals surface area contributed by atoms with E-state index in [0.717, 1.165) is 23.0 Å². The number of fused-ring (bicyclic) bond motifs is 1. The Morgan fingerprint density at radius 2 is 1.97 bits per heavy atom. The number of ether oxygens (including phenoxy) is 1. The Balaban J connectivity index is 1.39. The number of hydrogen-bond donors (Lipinski definition) is 1. The summed E-state index contributed by atoms with van der Waals surface area (Å²) in [5, 5.41) is 7.54. The number of carbonyl (C=O) groups excluding carboxylic acids is 1. The molecule has 0 bridgehead atoms. The summed E-state index contributed by atoms with van der Waals surface area (Å²) >= 11 is 5.91. The number of amides is 1. The zero-order chi connectivity index (χ0) is 22.3. The van der Waals surface area contributed by atoms with Gasteiger partial charge in [0.2, 0.25) is 23.6 Å². The molecule has 2 aromatic heterocycles. The predicted molar refractivity (Wildman–Crippen MR) is 123 cm³/mol. The van der Waals surface area contributed by atoms with Crippen molar-refractivity contribution in [3.8, 4) is 11.4 Å². The molecular formula is C23H24ClN5O3. The van der Waals surface area contributed by atoms with Crippen molar-refractivity contribution in [2.75, 3.05) is 18.5 Å². The van der Waals surface area contributed by atoms with Gasteiger partial charge in [-0.2, -0.15) is 4.98 Å². The molecule has 0 radical (unpaired) electrons. The van der Waals surface area contributed by atoms with E-state index in [4.69, 9.17) is 20.9 Å². The molecule has 0 spiro atoms. The molecule has 1 N–H and O–H groups in total. The molecule has 2 heterocycles. The van der Waals surface area contributed by atoms with Crippen molar-refractivity contribution in [3.05, 3.63) is 59.4 Å². The standard InChI is InChI=1S/C23H24ClN5O3/c1-2-31-15-5-14-29-19-7-4-3-6-18(19)25-23(29)26-20(30)12-13-21-27-22(28-32-21)16-8-10-17(24)11-9-16/h3-4,6-11H,2,5,12-15H2,1H3,(H,25,26,30). The number of carbonyl (C=O) groups is 1. The SMILES string of the molecule is CCOCCCn1c(NC(=O)CCc2nc(-c3ccc(Cl)cc3)no2)nc2ccccc21. The second-order valence-electron chi connectivity index (χ2n) is 7.19. The van der Waals surface area contributed by atoms with Crippen LogP contribution in [0, 0.1) is 0 Å². The molecule has 0 aliphatic carbocycles. The van der Waals surface area contributed by atoms with Gasteiger partial charge >= 0.3 is 0 Å². The minimum Gasteiger partial charge on any atom is -0.382 e. The molecule has 4 aromatic rings. The Kier molecular flexibility index (Phi) is 7.14. The van der Waals surface area contributed by atoms with Crippen LogP contribution in [-0.4, -0.2) is 38.8 Å². The lowest BCUT2D eigenvalue weighted by Gasteiger charge is -2.10. The summed E-state index contributed by atoms with van der Waals surface area (Å²) in [4.78, 5) is 21.6. The first kappa shape index (κ1) is 22.0. The van der Waals surface area contributed by atoms with E-state index in [1.54, 1.807) is 12.1 Å². The van der Waals surface area contributed by atoms with Crippen LogP contribution in [0.5, 0.6) is 0 Å². The highest BCUT2D eigenvalue weighted by atomic mass is 35.5. The van der Waals surface area contributed by atoms with Crippen molar-refractivity contribution in [1.29, 1.82) is 0 Å². The average Bonchev–Trinajstić information content (AvgIpc) is 3.41. The lowest BCUT2D eigenvalue weighted by Crippen LogP contribution is -2.17. The van der Waals surface area contributed by atoms with Gasteiger partial charge in [-0.15, -0.1) is 0 Å². The van der Waals surface area contributed by atoms with E-state index in [1.807, 2.05) is 47.9 Å². The summed E-state index contributed by atoms with van der Waals surface area (Å²) < 4.78 is 12.7. The fourth-order valence-electron chi connectivity index (χ4n) is 3.35. The van der Waals surface area contributed by atoms with Crippen LogP contribution in [0.15, 0.2) is 53.1 Å². The van der Waals surface area contributed by atoms with Crippen LogP contribution in [0.2, 0.25) is 5.02 Å². The first-order chi connectivity index (χ1) is 15.6. The molecule has 0 saturated carbocycles. The summed E-state index contributed by atoms with van der Waals surface area (Å²) in [7, 11) is 0. The third-order valence-electron chi connectivity index (χ3n) is 4.92. The number of para-hydroxylation sites is 2. The number of anilines is 1. The van der Waals surface area contributed by atoms with Gasteiger partial charge in [-0.3, -0.25) is 10.1 Å². The molecule has 0 aliphatic rings. The van der Waals surface area contributed by atoms with E-state index in [0.29, 0.717) is 48.9 Å². The molecule has 2 aromatic carbocycles. The number of aromatic nitrogens is 4. The number of imidazole rings is 1. The number of halogens is 1. The Labute approximate surface area is 190 Å². The number of nitrogens with one attached hydrogen (secondary N) is 1. The van der Waals surface area contributed by atoms with Crippen LogP contribution >= 0.6 is 11.6 Å². The van der Waals surface area contributed by atoms with Crippen molar-refractivity contribution < 1.29 is 14.1 Å². The van der Waals surface area contributed by atoms with E-state index in [2.05, 4.69) is 20.4 Å². The molecule has 4 rings (SSSR count). The van der Waals surface area contributed by atoms with Crippen molar-refractivity contribution >= 4 is 34.5 Å². The smallest absolute Gasteiger partial charge is 0.227 e. The van der Waals surface area contributed by atoms with Gasteiger partial charge in [0.05, 0.1) is 11.0 Å². The average molecular weight is 454 g/mol. The van der Waals surface area contributed by atoms with Gasteiger partial charge < -0.3 is 13.8 Å². The van der Waals surface area contributed by atoms with Gasteiger partial charge in [-0.05, 0) is 49.7 Å². The Morgan fingerprint density at radius 1 is 1.16 bits per heavy atom. The molecule has 0 aliphatic heterocycles. The second kappa shape index (κ2) is 10.4. The summed E-state index contributed by atoms with van der Waals surface area (Å²) in [6.07, 6.45) is 1.36. The predicted octanol–water partition coefficient (Wildman–Crippen LogP) is 4.74. The first-order valence-electron chi connectivity index (χ1n) is 10.6. The molecule has 1 amide bonds. The first-order valence-corrected chi connectivity index (χ1v) is 10.9. The van der Waals surface area contributed by atoms with Crippen LogP contribution in [0.1, 0.15) is 25.7 Å². The lowest BCUT2D eigenvalue weighted by molar-refractivity contribution is -0.116. The fourth-order valence-corrected chi connectivity index (χ4v) is 3.47. The zero-order valence-electron chi connectivity index (χ0n) is 17.8. The highest BCUT2D eigenvalue weighted by Gasteiger charge is 2.15. The fraction of sp³-hybridized carbons (Fsp3) is 0.304. The highest BCUT2D eigenvalue weighted by molar-refractivity contribution is 6.30. The van der Waals surface area contributed by atoms with E-state index in [-0.39, 0.29) is 12.3 Å². The topological polar surface area (TPSA) is 95.1 Å². The maximum Gasteiger partial charge on any atom is 0.227 e. The molecule has 32 heavy (non-hydrogen) atoms. The molecule has 0 fully saturated rings. The van der Waals surface area contributed by atoms with E-state index in [9.17, 15) is 4.79 Å². The molecule has 0 atom stereocenters. The van der Waals surface area contributed by atoms with Gasteiger partial charge in [0, 0.05) is 43.2 Å². The van der Waals surface area contributed by atoms with Crippen LogP contribution < -0.4 is 5.32 Å². The van der Waals surface area contributed by atoms with E-state index >= 15 is 0 Å². The van der Waals surface area contributed by atoms with Crippen LogP contribution in [-0.2, 0) is 22.5 Å². The molecule has 9 heteroatoms. The number of nitrogens with zero attached hydrogens (tertiary/aromatic N) is 4. The summed E-state index contributed by atoms with van der Waals surface area (Å²) in [5.41, 5.74) is 2.61. The number of rotatable bonds is 10. The molecule has 0 saturated heterocycles. The van der Waals surface area contributed by atoms with E-state index in [1.165, 1.54) is 0 Å². The number of hydrogen-bond acceptors (Lipinski definition) is 6. The van der Waals surface area contributed by atoms with Crippen LogP contribution in [0.4, 0.5) is 5.95 Å². The Bertz CT molecular complexity index is 1190. The van der Waals surface area contributed by atoms with Crippen LogP contribution in [0.25, 0.3) is 22.4 Å². The summed E-state index contributed by atoms with van der Waals surface area (Å²) in [6, 6.07) is 15.0. The highest BCUT2D eigenvalue weighted by Crippen LogP contribution is 2.21. The zero-order valence-corrected chi connectivity index (χ0v) is 18.5. The van der Waals surface area contributed by atoms with Gasteiger partial charge in [-0.1, -0.05) is 28.9 Å². The maximum atomic E-state index is 12.6. The normalized spacial score (nSPS) is 11.2. The third-order valence-corrected chi connectivity index (χ3v) is 5.17. The van der Waals surface area contributed by atoms with Crippen LogP contribution in [0.3, 0.4) is 0 Å². The van der Waals surface area contributed by atoms with Crippen molar-refractivity contribution in [3.63, 3.8) is 0 Å². The minimum absolute atomic E-state index is 0.169. The van der Waals surface area contributed by atoms with E-state index < -0.39 is 0 Å². The third kappa shape index (κ3) is 5.33. The lowest BCUT2D eigenvalue weighted by atomic mass is 10.2. The number of aryl methyl sites for hydroxylation is 2. The van der Waals surface area contributed by atoms with Crippen molar-refractivity contribution in [1.82, 2.24) is 19.7 Å². The summed E-state index contributed by atoms with van der Waals surface area (Å²) in [6.45, 7) is 4.01. The largest absolute Gasteiger partial charge is 0.382 e. The van der Waals surface area contributed by atoms with Gasteiger partial charge in [0.1, 0.15) is 0 Å². The van der Waals surface area contributed by atoms with Gasteiger partial charge in [0.25, 0.3) is 0 Å². The minimum atomic E-state index is -0.169. The van der Waals surface area contributed by atoms with Crippen molar-refractivity contribution in [2.45, 2.75) is 32.7 Å². The molecule has 8 nitrogen and oxygen atoms in total. The monoisotopic (exact) mass is 453 g/mol. The Morgan fingerprint density at radius 3 is 2.78 bits per heavy atom. The Hall–Kier alpha value is -3.23. The second-order valence-corrected chi connectivity index (χ2v) is 7.63. The number of benzene rings is 2. The maximum absolute atomic E-state index is 12.6. The quantitative estimate of drug-likeness (QED) is 0.348. The molecule has 166 valence electrons. The summed E-state index contributed by atoms with van der Waals surface area (Å²) in [5.74, 6) is 1.22.